The second-order valence-corrected chi connectivity index (χ2v) is 7.94. The van der Waals surface area contributed by atoms with Gasteiger partial charge in [0, 0.05) is 20.1 Å². The van der Waals surface area contributed by atoms with Crippen molar-refractivity contribution >= 4 is 23.6 Å². The van der Waals surface area contributed by atoms with Crippen LogP contribution in [0.3, 0.4) is 0 Å². The third-order valence-electron chi connectivity index (χ3n) is 6.46. The number of carbonyl (C=O) groups is 4. The van der Waals surface area contributed by atoms with Gasteiger partial charge in [0.05, 0.1) is 48.1 Å². The minimum Gasteiger partial charge on any atom is -0.365 e. The largest absolute Gasteiger partial charge is 0.365 e. The Hall–Kier alpha value is -2.62. The van der Waals surface area contributed by atoms with E-state index in [2.05, 4.69) is 13.2 Å². The van der Waals surface area contributed by atoms with E-state index >= 15 is 0 Å². The lowest BCUT2D eigenvalue weighted by Crippen LogP contribution is -2.38. The highest BCUT2D eigenvalue weighted by Gasteiger charge is 2.59. The van der Waals surface area contributed by atoms with Crippen LogP contribution < -0.4 is 5.73 Å². The maximum absolute atomic E-state index is 12.8. The summed E-state index contributed by atoms with van der Waals surface area (Å²) in [5, 5.41) is 0. The molecule has 0 spiro atoms. The molecule has 30 heavy (non-hydrogen) atoms. The first kappa shape index (κ1) is 20.6. The Morgan fingerprint density at radius 1 is 0.800 bits per heavy atom. The molecule has 4 saturated heterocycles. The summed E-state index contributed by atoms with van der Waals surface area (Å²) < 4.78 is 11.8. The molecule has 4 fully saturated rings. The number of nitrogens with two attached hydrogens (primary N) is 1. The number of amides is 4. The zero-order chi connectivity index (χ0) is 21.7. The van der Waals surface area contributed by atoms with Crippen LogP contribution in [-0.4, -0.2) is 78.0 Å². The number of hydrogen-bond acceptors (Lipinski definition) is 7. The molecule has 4 rings (SSSR count). The molecule has 0 aromatic rings. The Kier molecular flexibility index (Phi) is 5.21. The summed E-state index contributed by atoms with van der Waals surface area (Å²) >= 11 is 0. The van der Waals surface area contributed by atoms with Gasteiger partial charge in [0.1, 0.15) is 0 Å². The van der Waals surface area contributed by atoms with E-state index < -0.39 is 48.1 Å². The molecule has 4 aliphatic heterocycles. The van der Waals surface area contributed by atoms with Crippen molar-refractivity contribution in [3.63, 3.8) is 0 Å². The van der Waals surface area contributed by atoms with Crippen LogP contribution in [0.1, 0.15) is 0 Å². The third kappa shape index (κ3) is 2.80. The van der Waals surface area contributed by atoms with E-state index in [1.165, 1.54) is 24.1 Å². The smallest absolute Gasteiger partial charge is 0.236 e. The average Bonchev–Trinajstić information content (AvgIpc) is 3.42. The van der Waals surface area contributed by atoms with Crippen LogP contribution in [0.15, 0.2) is 37.5 Å². The molecule has 0 radical (unpaired) electrons. The number of ether oxygens (including phenoxy) is 2. The zero-order valence-corrected chi connectivity index (χ0v) is 16.7. The Morgan fingerprint density at radius 3 is 1.63 bits per heavy atom. The molecule has 1 unspecified atom stereocenters. The molecule has 8 atom stereocenters. The topological polar surface area (TPSA) is 119 Å². The van der Waals surface area contributed by atoms with Gasteiger partial charge >= 0.3 is 0 Å². The molecule has 9 nitrogen and oxygen atoms in total. The number of nitrogens with zero attached hydrogens (tertiary/aromatic N) is 2. The van der Waals surface area contributed by atoms with Gasteiger partial charge in [-0.1, -0.05) is 24.3 Å². The lowest BCUT2D eigenvalue weighted by molar-refractivity contribution is -0.143. The first-order valence-electron chi connectivity index (χ1n) is 9.96. The third-order valence-corrected chi connectivity index (χ3v) is 6.46. The van der Waals surface area contributed by atoms with Crippen LogP contribution in [0.2, 0.25) is 0 Å². The monoisotopic (exact) mass is 415 g/mol. The van der Waals surface area contributed by atoms with Crippen molar-refractivity contribution in [2.75, 3.05) is 20.1 Å². The molecule has 0 aromatic carbocycles. The number of hydrogen-bond donors (Lipinski definition) is 1. The van der Waals surface area contributed by atoms with Gasteiger partial charge < -0.3 is 15.2 Å². The minimum absolute atomic E-state index is 0.157. The SMILES string of the molecule is C=C[C@@H]1O[C@H](/C=C\C2O[C@H](C=C)[C@H]3C(=O)N(C)C(=O)[C@@H]23)[C@H]2C(=O)N(CCN)C(=O)[C@H]21. The first-order valence-corrected chi connectivity index (χ1v) is 9.96. The highest BCUT2D eigenvalue weighted by atomic mass is 16.5. The van der Waals surface area contributed by atoms with E-state index in [1.807, 2.05) is 0 Å². The summed E-state index contributed by atoms with van der Waals surface area (Å²) in [7, 11) is 1.46. The highest BCUT2D eigenvalue weighted by Crippen LogP contribution is 2.43. The summed E-state index contributed by atoms with van der Waals surface area (Å²) in [6.07, 6.45) is 3.86. The second kappa shape index (κ2) is 7.57. The normalized spacial score (nSPS) is 40.6. The van der Waals surface area contributed by atoms with E-state index in [0.717, 1.165) is 4.90 Å². The number of likely N-dealkylation sites (tertiary alicyclic amines) is 2. The standard InChI is InChI=1S/C21H25N3O6/c1-4-10-14-16(19(26)23(3)18(14)25)12(29-10)6-7-13-17-15(11(5-2)30-13)20(27)24(9-8-22)21(17)28/h4-7,10-17H,1-2,8-9,22H2,3H3/b7-6-/t10-,11+,12?,13-,14-,15+,16+,17-/m1/s1. The van der Waals surface area contributed by atoms with E-state index in [0.29, 0.717) is 0 Å². The van der Waals surface area contributed by atoms with Crippen molar-refractivity contribution in [2.24, 2.45) is 29.4 Å². The average molecular weight is 415 g/mol. The number of carbonyl (C=O) groups excluding carboxylic acids is 4. The lowest BCUT2D eigenvalue weighted by atomic mass is 9.87. The molecular formula is C21H25N3O6. The van der Waals surface area contributed by atoms with Gasteiger partial charge in [-0.2, -0.15) is 0 Å². The van der Waals surface area contributed by atoms with Crippen LogP contribution in [0.4, 0.5) is 0 Å². The molecule has 0 aliphatic carbocycles. The zero-order valence-electron chi connectivity index (χ0n) is 16.7. The van der Waals surface area contributed by atoms with Crippen molar-refractivity contribution < 1.29 is 28.7 Å². The van der Waals surface area contributed by atoms with Crippen molar-refractivity contribution in [3.05, 3.63) is 37.5 Å². The molecule has 0 bridgehead atoms. The highest BCUT2D eigenvalue weighted by molar-refractivity contribution is 6.07. The molecule has 9 heteroatoms. The number of fused-ring (bicyclic) bond motifs is 2. The summed E-state index contributed by atoms with van der Waals surface area (Å²) in [6.45, 7) is 7.76. The van der Waals surface area contributed by atoms with Gasteiger partial charge in [-0.05, 0) is 0 Å². The van der Waals surface area contributed by atoms with Crippen molar-refractivity contribution in [2.45, 2.75) is 24.4 Å². The molecule has 4 amide bonds. The van der Waals surface area contributed by atoms with Crippen molar-refractivity contribution in [1.29, 1.82) is 0 Å². The van der Waals surface area contributed by atoms with Gasteiger partial charge in [0.2, 0.25) is 23.6 Å². The predicted molar refractivity (Wildman–Crippen MR) is 104 cm³/mol. The Labute approximate surface area is 174 Å². The fourth-order valence-corrected chi connectivity index (χ4v) is 5.02. The predicted octanol–water partition coefficient (Wildman–Crippen LogP) is -0.760. The molecule has 2 N–H and O–H groups in total. The van der Waals surface area contributed by atoms with Crippen LogP contribution in [0.25, 0.3) is 0 Å². The molecule has 160 valence electrons. The Bertz CT molecular complexity index is 854. The molecule has 4 heterocycles. The van der Waals surface area contributed by atoms with Gasteiger partial charge in [0.25, 0.3) is 0 Å². The summed E-state index contributed by atoms with van der Waals surface area (Å²) in [5.41, 5.74) is 5.54. The van der Waals surface area contributed by atoms with Crippen LogP contribution in [0, 0.1) is 23.7 Å². The summed E-state index contributed by atoms with van der Waals surface area (Å²) in [5.74, 6) is -3.81. The van der Waals surface area contributed by atoms with Crippen LogP contribution >= 0.6 is 0 Å². The molecule has 4 aliphatic rings. The maximum Gasteiger partial charge on any atom is 0.236 e. The second-order valence-electron chi connectivity index (χ2n) is 7.94. The first-order chi connectivity index (χ1) is 14.3. The van der Waals surface area contributed by atoms with E-state index in [4.69, 9.17) is 15.2 Å². The fraction of sp³-hybridized carbons (Fsp3) is 0.524. The van der Waals surface area contributed by atoms with Gasteiger partial charge in [0.15, 0.2) is 0 Å². The Morgan fingerprint density at radius 2 is 1.20 bits per heavy atom. The van der Waals surface area contributed by atoms with Gasteiger partial charge in [-0.3, -0.25) is 29.0 Å². The maximum atomic E-state index is 12.8. The van der Waals surface area contributed by atoms with Crippen molar-refractivity contribution in [1.82, 2.24) is 9.80 Å². The minimum atomic E-state index is -0.681. The van der Waals surface area contributed by atoms with Crippen LogP contribution in [0.5, 0.6) is 0 Å². The number of imide groups is 2. The summed E-state index contributed by atoms with van der Waals surface area (Å²) in [6, 6.07) is 0. The summed E-state index contributed by atoms with van der Waals surface area (Å²) in [4.78, 5) is 52.8. The van der Waals surface area contributed by atoms with Gasteiger partial charge in [-0.15, -0.1) is 13.2 Å². The molecular weight excluding hydrogens is 390 g/mol. The van der Waals surface area contributed by atoms with Gasteiger partial charge in [-0.25, -0.2) is 0 Å². The number of rotatable bonds is 6. The molecule has 0 aromatic heterocycles. The van der Waals surface area contributed by atoms with Crippen LogP contribution in [-0.2, 0) is 28.7 Å². The van der Waals surface area contributed by atoms with E-state index in [1.54, 1.807) is 12.2 Å². The van der Waals surface area contributed by atoms with Crippen molar-refractivity contribution in [3.8, 4) is 0 Å². The molecule has 0 saturated carbocycles. The lowest BCUT2D eigenvalue weighted by Gasteiger charge is -2.19. The quantitative estimate of drug-likeness (QED) is 0.447. The Balaban J connectivity index is 1.58. The fourth-order valence-electron chi connectivity index (χ4n) is 5.02. The van der Waals surface area contributed by atoms with E-state index in [-0.39, 0.29) is 36.7 Å². The van der Waals surface area contributed by atoms with E-state index in [9.17, 15) is 19.2 Å².